The fourth-order valence-electron chi connectivity index (χ4n) is 2.82. The van der Waals surface area contributed by atoms with E-state index in [4.69, 9.17) is 27.9 Å². The summed E-state index contributed by atoms with van der Waals surface area (Å²) < 4.78 is 5.67. The minimum Gasteiger partial charge on any atom is -0.484 e. The van der Waals surface area contributed by atoms with Gasteiger partial charge in [-0.15, -0.1) is 0 Å². The summed E-state index contributed by atoms with van der Waals surface area (Å²) in [6, 6.07) is 11.8. The van der Waals surface area contributed by atoms with E-state index in [1.165, 1.54) is 4.90 Å². The van der Waals surface area contributed by atoms with Crippen LogP contribution in [0.5, 0.6) is 5.75 Å². The number of hydrogen-bond donors (Lipinski definition) is 1. The summed E-state index contributed by atoms with van der Waals surface area (Å²) in [6.45, 7) is 7.56. The van der Waals surface area contributed by atoms with Crippen molar-refractivity contribution in [3.63, 3.8) is 0 Å². The van der Waals surface area contributed by atoms with Crippen LogP contribution in [0.3, 0.4) is 0 Å². The van der Waals surface area contributed by atoms with Gasteiger partial charge >= 0.3 is 0 Å². The summed E-state index contributed by atoms with van der Waals surface area (Å²) in [4.78, 5) is 27.2. The maximum atomic E-state index is 13.0. The summed E-state index contributed by atoms with van der Waals surface area (Å²) in [5, 5.41) is 4.14. The lowest BCUT2D eigenvalue weighted by atomic mass is 10.1. The largest absolute Gasteiger partial charge is 0.484 e. The van der Waals surface area contributed by atoms with Crippen LogP contribution in [-0.4, -0.2) is 35.4 Å². The highest BCUT2D eigenvalue weighted by atomic mass is 35.5. The van der Waals surface area contributed by atoms with Crippen LogP contribution in [0.25, 0.3) is 0 Å². The molecule has 2 amide bonds. The van der Waals surface area contributed by atoms with Crippen LogP contribution in [0.2, 0.25) is 10.0 Å². The van der Waals surface area contributed by atoms with Gasteiger partial charge in [0, 0.05) is 22.6 Å². The van der Waals surface area contributed by atoms with Crippen molar-refractivity contribution in [3.8, 4) is 5.75 Å². The van der Waals surface area contributed by atoms with Crippen LogP contribution in [0, 0.1) is 6.92 Å². The third-order valence-corrected chi connectivity index (χ3v) is 5.56. The summed E-state index contributed by atoms with van der Waals surface area (Å²) in [5.74, 6) is 0.0427. The minimum atomic E-state index is -0.666. The SMILES string of the molecule is CC[C@H](C)NC(=O)[C@H](C)N(Cc1cccc(Cl)c1)C(=O)COc1ccc(Cl)c(C)c1. The summed E-state index contributed by atoms with van der Waals surface area (Å²) in [5.41, 5.74) is 1.69. The molecule has 0 aliphatic heterocycles. The maximum Gasteiger partial charge on any atom is 0.261 e. The second-order valence-electron chi connectivity index (χ2n) is 7.35. The summed E-state index contributed by atoms with van der Waals surface area (Å²) in [6.07, 6.45) is 0.805. The van der Waals surface area contributed by atoms with Gasteiger partial charge in [0.15, 0.2) is 6.61 Å². The van der Waals surface area contributed by atoms with Gasteiger partial charge in [-0.1, -0.05) is 42.3 Å². The Hall–Kier alpha value is -2.24. The van der Waals surface area contributed by atoms with Crippen molar-refractivity contribution in [2.75, 3.05) is 6.61 Å². The zero-order chi connectivity index (χ0) is 22.3. The molecular weight excluding hydrogens is 423 g/mol. The Kier molecular flexibility index (Phi) is 9.00. The van der Waals surface area contributed by atoms with Crippen LogP contribution in [0.1, 0.15) is 38.3 Å². The Morgan fingerprint density at radius 1 is 1.13 bits per heavy atom. The first-order chi connectivity index (χ1) is 14.2. The van der Waals surface area contributed by atoms with Crippen molar-refractivity contribution in [2.45, 2.75) is 52.7 Å². The maximum absolute atomic E-state index is 13.0. The van der Waals surface area contributed by atoms with E-state index in [-0.39, 0.29) is 31.0 Å². The fraction of sp³-hybridized carbons (Fsp3) is 0.391. The van der Waals surface area contributed by atoms with E-state index in [0.29, 0.717) is 15.8 Å². The van der Waals surface area contributed by atoms with E-state index in [0.717, 1.165) is 17.5 Å². The Labute approximate surface area is 188 Å². The molecule has 2 rings (SSSR count). The molecule has 0 fully saturated rings. The van der Waals surface area contributed by atoms with E-state index in [1.807, 2.05) is 32.9 Å². The number of carbonyl (C=O) groups is 2. The Morgan fingerprint density at radius 2 is 1.87 bits per heavy atom. The van der Waals surface area contributed by atoms with Crippen molar-refractivity contribution in [3.05, 3.63) is 63.6 Å². The first-order valence-electron chi connectivity index (χ1n) is 9.94. The molecule has 2 aromatic carbocycles. The quantitative estimate of drug-likeness (QED) is 0.583. The van der Waals surface area contributed by atoms with Crippen LogP contribution in [-0.2, 0) is 16.1 Å². The molecule has 0 saturated carbocycles. The fourth-order valence-corrected chi connectivity index (χ4v) is 3.15. The van der Waals surface area contributed by atoms with Crippen molar-refractivity contribution in [1.82, 2.24) is 10.2 Å². The molecule has 0 aliphatic carbocycles. The standard InChI is InChI=1S/C23H28Cl2N2O3/c1-5-16(3)26-23(29)17(4)27(13-18-7-6-8-19(24)12-18)22(28)14-30-20-9-10-21(25)15(2)11-20/h6-12,16-17H,5,13-14H2,1-4H3,(H,26,29)/t16-,17-/m0/s1. The predicted octanol–water partition coefficient (Wildman–Crippen LogP) is 5.01. The van der Waals surface area contributed by atoms with Gasteiger partial charge < -0.3 is 15.0 Å². The first kappa shape index (κ1) is 24.0. The van der Waals surface area contributed by atoms with Gasteiger partial charge in [-0.05, 0) is 68.7 Å². The van der Waals surface area contributed by atoms with Crippen molar-refractivity contribution in [1.29, 1.82) is 0 Å². The number of hydrogen-bond acceptors (Lipinski definition) is 3. The number of rotatable bonds is 9. The molecule has 0 radical (unpaired) electrons. The van der Waals surface area contributed by atoms with E-state index >= 15 is 0 Å². The average molecular weight is 451 g/mol. The number of carbonyl (C=O) groups excluding carboxylic acids is 2. The molecule has 0 aliphatic rings. The first-order valence-corrected chi connectivity index (χ1v) is 10.7. The molecule has 7 heteroatoms. The lowest BCUT2D eigenvalue weighted by molar-refractivity contribution is -0.142. The van der Waals surface area contributed by atoms with Gasteiger partial charge in [0.2, 0.25) is 5.91 Å². The molecule has 0 saturated heterocycles. The van der Waals surface area contributed by atoms with E-state index in [2.05, 4.69) is 5.32 Å². The van der Waals surface area contributed by atoms with Crippen LogP contribution in [0.15, 0.2) is 42.5 Å². The van der Waals surface area contributed by atoms with Crippen LogP contribution >= 0.6 is 23.2 Å². The molecule has 0 unspecified atom stereocenters. The molecule has 30 heavy (non-hydrogen) atoms. The van der Waals surface area contributed by atoms with E-state index in [9.17, 15) is 9.59 Å². The predicted molar refractivity (Wildman–Crippen MR) is 121 cm³/mol. The van der Waals surface area contributed by atoms with Gasteiger partial charge in [0.05, 0.1) is 0 Å². The molecule has 0 heterocycles. The minimum absolute atomic E-state index is 0.0244. The van der Waals surface area contributed by atoms with Crippen LogP contribution in [0.4, 0.5) is 0 Å². The lowest BCUT2D eigenvalue weighted by Crippen LogP contribution is -2.50. The van der Waals surface area contributed by atoms with Gasteiger partial charge in [-0.3, -0.25) is 9.59 Å². The molecule has 0 aromatic heterocycles. The Balaban J connectivity index is 2.16. The molecule has 0 spiro atoms. The van der Waals surface area contributed by atoms with Crippen molar-refractivity contribution in [2.24, 2.45) is 0 Å². The number of aryl methyl sites for hydroxylation is 1. The Morgan fingerprint density at radius 3 is 2.50 bits per heavy atom. The molecule has 5 nitrogen and oxygen atoms in total. The molecular formula is C23H28Cl2N2O3. The van der Waals surface area contributed by atoms with Gasteiger partial charge in [0.1, 0.15) is 11.8 Å². The molecule has 1 N–H and O–H groups in total. The smallest absolute Gasteiger partial charge is 0.261 e. The highest BCUT2D eigenvalue weighted by Gasteiger charge is 2.27. The Bertz CT molecular complexity index is 889. The number of nitrogens with one attached hydrogen (secondary N) is 1. The van der Waals surface area contributed by atoms with Gasteiger partial charge in [-0.2, -0.15) is 0 Å². The summed E-state index contributed by atoms with van der Waals surface area (Å²) >= 11 is 12.1. The third-order valence-electron chi connectivity index (χ3n) is 4.90. The average Bonchev–Trinajstić information content (AvgIpc) is 2.72. The topological polar surface area (TPSA) is 58.6 Å². The second-order valence-corrected chi connectivity index (χ2v) is 8.19. The van der Waals surface area contributed by atoms with Crippen LogP contribution < -0.4 is 10.1 Å². The number of amides is 2. The molecule has 2 atom stereocenters. The molecule has 0 bridgehead atoms. The highest BCUT2D eigenvalue weighted by molar-refractivity contribution is 6.31. The second kappa shape index (κ2) is 11.2. The highest BCUT2D eigenvalue weighted by Crippen LogP contribution is 2.21. The normalized spacial score (nSPS) is 12.7. The van der Waals surface area contributed by atoms with Crippen molar-refractivity contribution >= 4 is 35.0 Å². The molecule has 162 valence electrons. The monoisotopic (exact) mass is 450 g/mol. The van der Waals surface area contributed by atoms with Crippen molar-refractivity contribution < 1.29 is 14.3 Å². The number of nitrogens with zero attached hydrogens (tertiary/aromatic N) is 1. The molecule has 2 aromatic rings. The number of halogens is 2. The van der Waals surface area contributed by atoms with E-state index in [1.54, 1.807) is 37.3 Å². The number of ether oxygens (including phenoxy) is 1. The zero-order valence-electron chi connectivity index (χ0n) is 17.7. The van der Waals surface area contributed by atoms with E-state index < -0.39 is 6.04 Å². The zero-order valence-corrected chi connectivity index (χ0v) is 19.3. The lowest BCUT2D eigenvalue weighted by Gasteiger charge is -2.29. The number of benzene rings is 2. The van der Waals surface area contributed by atoms with Gasteiger partial charge in [0.25, 0.3) is 5.91 Å². The third kappa shape index (κ3) is 6.92. The van der Waals surface area contributed by atoms with Gasteiger partial charge in [-0.25, -0.2) is 0 Å². The summed E-state index contributed by atoms with van der Waals surface area (Å²) in [7, 11) is 0.